The molecule has 0 radical (unpaired) electrons. The number of fused-ring (bicyclic) bond motifs is 1. The van der Waals surface area contributed by atoms with Gasteiger partial charge in [0, 0.05) is 24.4 Å². The fraction of sp³-hybridized carbons (Fsp3) is 0.0800. The summed E-state index contributed by atoms with van der Waals surface area (Å²) in [5, 5.41) is 5.69. The number of halogens is 1. The van der Waals surface area contributed by atoms with Gasteiger partial charge >= 0.3 is 0 Å². The Kier molecular flexibility index (Phi) is 5.21. The molecule has 0 saturated heterocycles. The van der Waals surface area contributed by atoms with Crippen LogP contribution in [0.25, 0.3) is 5.57 Å². The highest BCUT2D eigenvalue weighted by Gasteiger charge is 2.40. The average molecular weight is 459 g/mol. The Morgan fingerprint density at radius 1 is 0.912 bits per heavy atom. The molecule has 2 heterocycles. The molecular weight excluding hydrogens is 441 g/mol. The molecule has 0 atom stereocenters. The Hall–Kier alpha value is -4.66. The Morgan fingerprint density at radius 2 is 1.65 bits per heavy atom. The summed E-state index contributed by atoms with van der Waals surface area (Å²) < 4.78 is 24.6. The van der Waals surface area contributed by atoms with E-state index in [9.17, 15) is 18.8 Å². The summed E-state index contributed by atoms with van der Waals surface area (Å²) in [6, 6.07) is 16.8. The maximum Gasteiger partial charge on any atom is 0.282 e. The quantitative estimate of drug-likeness (QED) is 0.562. The lowest BCUT2D eigenvalue weighted by molar-refractivity contribution is -0.120. The van der Waals surface area contributed by atoms with Gasteiger partial charge in [-0.3, -0.25) is 14.4 Å². The topological polar surface area (TPSA) is 97.0 Å². The normalized spacial score (nSPS) is 14.6. The van der Waals surface area contributed by atoms with Crippen molar-refractivity contribution in [1.82, 2.24) is 0 Å². The van der Waals surface area contributed by atoms with Crippen LogP contribution in [0.1, 0.15) is 12.5 Å². The number of rotatable bonds is 5. The molecule has 2 aliphatic rings. The fourth-order valence-electron chi connectivity index (χ4n) is 3.81. The molecule has 2 aliphatic heterocycles. The zero-order chi connectivity index (χ0) is 23.8. The molecular formula is C25H18FN3O5. The third-order valence-corrected chi connectivity index (χ3v) is 5.29. The second-order valence-corrected chi connectivity index (χ2v) is 7.63. The number of amides is 3. The number of hydrogen-bond acceptors (Lipinski definition) is 6. The number of carbonyl (C=O) groups excluding carboxylic acids is 3. The Labute approximate surface area is 193 Å². The average Bonchev–Trinajstić information content (AvgIpc) is 3.36. The molecule has 0 unspecified atom stereocenters. The third kappa shape index (κ3) is 3.83. The van der Waals surface area contributed by atoms with E-state index < -0.39 is 17.6 Å². The first-order chi connectivity index (χ1) is 16.4. The highest BCUT2D eigenvalue weighted by Crippen LogP contribution is 2.37. The minimum absolute atomic E-state index is 0.0282. The predicted octanol–water partition coefficient (Wildman–Crippen LogP) is 3.91. The Morgan fingerprint density at radius 3 is 2.38 bits per heavy atom. The number of hydrogen-bond donors (Lipinski definition) is 2. The summed E-state index contributed by atoms with van der Waals surface area (Å²) in [4.78, 5) is 39.1. The van der Waals surface area contributed by atoms with Gasteiger partial charge in [0.1, 0.15) is 11.5 Å². The summed E-state index contributed by atoms with van der Waals surface area (Å²) in [7, 11) is 0. The molecule has 170 valence electrons. The monoisotopic (exact) mass is 459 g/mol. The van der Waals surface area contributed by atoms with Gasteiger partial charge in [0.2, 0.25) is 12.7 Å². The van der Waals surface area contributed by atoms with E-state index in [1.165, 1.54) is 25.1 Å². The maximum absolute atomic E-state index is 13.9. The molecule has 3 aromatic rings. The van der Waals surface area contributed by atoms with E-state index in [-0.39, 0.29) is 29.7 Å². The van der Waals surface area contributed by atoms with Crippen LogP contribution < -0.4 is 25.0 Å². The van der Waals surface area contributed by atoms with E-state index in [2.05, 4.69) is 10.6 Å². The van der Waals surface area contributed by atoms with Gasteiger partial charge in [0.15, 0.2) is 11.5 Å². The van der Waals surface area contributed by atoms with E-state index in [1.54, 1.807) is 42.5 Å². The molecule has 0 aromatic heterocycles. The van der Waals surface area contributed by atoms with E-state index in [1.807, 2.05) is 0 Å². The Bertz CT molecular complexity index is 1370. The molecule has 0 saturated carbocycles. The summed E-state index contributed by atoms with van der Waals surface area (Å²) in [6.45, 7) is 1.48. The summed E-state index contributed by atoms with van der Waals surface area (Å²) in [6.07, 6.45) is 0. The third-order valence-electron chi connectivity index (χ3n) is 5.29. The van der Waals surface area contributed by atoms with Gasteiger partial charge in [-0.15, -0.1) is 0 Å². The maximum atomic E-state index is 13.9. The van der Waals surface area contributed by atoms with Crippen LogP contribution in [0.3, 0.4) is 0 Å². The van der Waals surface area contributed by atoms with Crippen molar-refractivity contribution in [3.63, 3.8) is 0 Å². The van der Waals surface area contributed by atoms with Gasteiger partial charge in [0.05, 0.1) is 11.3 Å². The number of imide groups is 1. The second kappa shape index (κ2) is 8.36. The van der Waals surface area contributed by atoms with Crippen LogP contribution in [-0.4, -0.2) is 24.5 Å². The van der Waals surface area contributed by atoms with Crippen LogP contribution in [0.4, 0.5) is 21.5 Å². The number of benzene rings is 3. The SMILES string of the molecule is CC(=O)Nc1ccc(C2=C(Nc3ccc4c(c3)OCO4)C(=O)N(c3cccc(F)c3)C2=O)cc1. The summed E-state index contributed by atoms with van der Waals surface area (Å²) in [5.74, 6) is -0.965. The lowest BCUT2D eigenvalue weighted by Gasteiger charge is -2.15. The highest BCUT2D eigenvalue weighted by molar-refractivity contribution is 6.46. The van der Waals surface area contributed by atoms with Gasteiger partial charge < -0.3 is 20.1 Å². The molecule has 3 amide bonds. The van der Waals surface area contributed by atoms with Crippen molar-refractivity contribution >= 4 is 40.4 Å². The Balaban J connectivity index is 1.57. The van der Waals surface area contributed by atoms with Crippen molar-refractivity contribution in [3.8, 4) is 11.5 Å². The first-order valence-corrected chi connectivity index (χ1v) is 10.3. The van der Waals surface area contributed by atoms with Crippen molar-refractivity contribution in [2.75, 3.05) is 22.3 Å². The minimum Gasteiger partial charge on any atom is -0.454 e. The number of ether oxygens (including phenoxy) is 2. The van der Waals surface area contributed by atoms with Crippen LogP contribution in [-0.2, 0) is 14.4 Å². The molecule has 0 fully saturated rings. The standard InChI is InChI=1S/C25H18FN3O5/c1-14(30)27-17-7-5-15(6-8-17)22-23(28-18-9-10-20-21(12-18)34-13-33-20)25(32)29(24(22)31)19-4-2-3-16(26)11-19/h2-12,28H,13H2,1H3,(H,27,30). The largest absolute Gasteiger partial charge is 0.454 e. The molecule has 3 aromatic carbocycles. The minimum atomic E-state index is -0.630. The predicted molar refractivity (Wildman–Crippen MR) is 123 cm³/mol. The lowest BCUT2D eigenvalue weighted by Crippen LogP contribution is -2.32. The van der Waals surface area contributed by atoms with E-state index in [4.69, 9.17) is 9.47 Å². The number of nitrogens with zero attached hydrogens (tertiary/aromatic N) is 1. The number of anilines is 3. The molecule has 0 spiro atoms. The summed E-state index contributed by atoms with van der Waals surface area (Å²) in [5.41, 5.74) is 1.76. The van der Waals surface area contributed by atoms with E-state index in [0.29, 0.717) is 28.4 Å². The van der Waals surface area contributed by atoms with Gasteiger partial charge in [0.25, 0.3) is 11.8 Å². The zero-order valence-corrected chi connectivity index (χ0v) is 17.9. The van der Waals surface area contributed by atoms with Gasteiger partial charge in [-0.2, -0.15) is 0 Å². The first-order valence-electron chi connectivity index (χ1n) is 10.3. The number of carbonyl (C=O) groups is 3. The first kappa shape index (κ1) is 21.2. The van der Waals surface area contributed by atoms with Gasteiger partial charge in [-0.05, 0) is 48.0 Å². The molecule has 9 heteroatoms. The molecule has 34 heavy (non-hydrogen) atoms. The summed E-state index contributed by atoms with van der Waals surface area (Å²) >= 11 is 0. The fourth-order valence-corrected chi connectivity index (χ4v) is 3.81. The van der Waals surface area contributed by atoms with Crippen LogP contribution in [0, 0.1) is 5.82 Å². The van der Waals surface area contributed by atoms with Crippen molar-refractivity contribution in [2.45, 2.75) is 6.92 Å². The van der Waals surface area contributed by atoms with E-state index in [0.717, 1.165) is 11.0 Å². The van der Waals surface area contributed by atoms with Gasteiger partial charge in [-0.25, -0.2) is 9.29 Å². The zero-order valence-electron chi connectivity index (χ0n) is 17.9. The smallest absolute Gasteiger partial charge is 0.282 e. The number of nitrogens with one attached hydrogen (secondary N) is 2. The molecule has 0 aliphatic carbocycles. The molecule has 2 N–H and O–H groups in total. The van der Waals surface area contributed by atoms with Crippen molar-refractivity contribution in [1.29, 1.82) is 0 Å². The second-order valence-electron chi connectivity index (χ2n) is 7.63. The molecule has 8 nitrogen and oxygen atoms in total. The van der Waals surface area contributed by atoms with Crippen LogP contribution >= 0.6 is 0 Å². The van der Waals surface area contributed by atoms with Crippen molar-refractivity contribution in [2.24, 2.45) is 0 Å². The van der Waals surface area contributed by atoms with Crippen LogP contribution in [0.5, 0.6) is 11.5 Å². The van der Waals surface area contributed by atoms with Crippen molar-refractivity contribution < 1.29 is 28.2 Å². The van der Waals surface area contributed by atoms with Crippen LogP contribution in [0.15, 0.2) is 72.4 Å². The van der Waals surface area contributed by atoms with Crippen LogP contribution in [0.2, 0.25) is 0 Å². The van der Waals surface area contributed by atoms with E-state index >= 15 is 0 Å². The van der Waals surface area contributed by atoms with Gasteiger partial charge in [-0.1, -0.05) is 18.2 Å². The molecule has 0 bridgehead atoms. The van der Waals surface area contributed by atoms with Crippen molar-refractivity contribution in [3.05, 3.63) is 83.8 Å². The molecule has 5 rings (SSSR count). The lowest BCUT2D eigenvalue weighted by atomic mass is 10.0. The highest BCUT2D eigenvalue weighted by atomic mass is 19.1.